The van der Waals surface area contributed by atoms with Crippen LogP contribution in [0.1, 0.15) is 0 Å². The van der Waals surface area contributed by atoms with E-state index in [4.69, 9.17) is 17.0 Å². The zero-order valence-corrected chi connectivity index (χ0v) is 6.10. The first-order valence-electron chi connectivity index (χ1n) is 2.63. The van der Waals surface area contributed by atoms with Crippen LogP contribution in [-0.2, 0) is 0 Å². The lowest BCUT2D eigenvalue weighted by molar-refractivity contribution is 1.17. The molecule has 0 aliphatic carbocycles. The first kappa shape index (κ1) is 6.96. The number of anilines is 2. The first-order valence-corrected chi connectivity index (χ1v) is 3.59. The molecule has 0 amide bonds. The molecular formula is C5H7N4P. The highest BCUT2D eigenvalue weighted by Gasteiger charge is 1.98. The molecule has 5 heteroatoms. The van der Waals surface area contributed by atoms with Crippen molar-refractivity contribution in [1.82, 2.24) is 0 Å². The minimum atomic E-state index is 0.416. The quantitative estimate of drug-likeness (QED) is 0.540. The predicted octanol–water partition coefficient (Wildman–Crippen LogP) is 2.09. The molecule has 5 N–H and O–H groups in total. The van der Waals surface area contributed by atoms with Crippen molar-refractivity contribution in [1.29, 1.82) is 5.53 Å². The van der Waals surface area contributed by atoms with Gasteiger partial charge in [0.05, 0.1) is 11.4 Å². The van der Waals surface area contributed by atoms with E-state index in [0.717, 1.165) is 8.19 Å². The molecule has 0 aliphatic heterocycles. The summed E-state index contributed by atoms with van der Waals surface area (Å²) < 4.78 is 0. The normalized spacial score (nSPS) is 10.0. The van der Waals surface area contributed by atoms with Crippen LogP contribution in [0.3, 0.4) is 0 Å². The summed E-state index contributed by atoms with van der Waals surface area (Å²) in [6.07, 6.45) is 0. The van der Waals surface area contributed by atoms with Gasteiger partial charge >= 0.3 is 0 Å². The summed E-state index contributed by atoms with van der Waals surface area (Å²) >= 11 is 0. The van der Waals surface area contributed by atoms with Crippen molar-refractivity contribution in [3.63, 3.8) is 0 Å². The number of nitrogens with one attached hydrogen (secondary N) is 1. The maximum absolute atomic E-state index is 6.69. The Balaban J connectivity index is 3.27. The van der Waals surface area contributed by atoms with E-state index in [1.165, 1.54) is 0 Å². The van der Waals surface area contributed by atoms with E-state index in [-0.39, 0.29) is 0 Å². The van der Waals surface area contributed by atoms with Crippen LogP contribution in [0.25, 0.3) is 0 Å². The third-order valence-corrected chi connectivity index (χ3v) is 1.99. The van der Waals surface area contributed by atoms with E-state index in [9.17, 15) is 0 Å². The minimum Gasteiger partial charge on any atom is -0.397 e. The van der Waals surface area contributed by atoms with Crippen molar-refractivity contribution in [2.75, 3.05) is 11.5 Å². The fourth-order valence-electron chi connectivity index (χ4n) is 0.566. The van der Waals surface area contributed by atoms with Crippen LogP contribution in [-0.4, -0.2) is 0 Å². The van der Waals surface area contributed by atoms with Gasteiger partial charge in [-0.1, -0.05) is 0 Å². The van der Waals surface area contributed by atoms with Crippen molar-refractivity contribution in [2.45, 2.75) is 0 Å². The lowest BCUT2D eigenvalue weighted by Crippen LogP contribution is -1.92. The van der Waals surface area contributed by atoms with Crippen molar-refractivity contribution in [3.8, 4) is 0 Å². The second kappa shape index (κ2) is 2.62. The maximum atomic E-state index is 6.69. The molecule has 0 fully saturated rings. The maximum Gasteiger partial charge on any atom is 0.136 e. The summed E-state index contributed by atoms with van der Waals surface area (Å²) in [5, 5.41) is 3.22. The van der Waals surface area contributed by atoms with Crippen LogP contribution in [0.15, 0.2) is 17.0 Å². The lowest BCUT2D eigenvalue weighted by Gasteiger charge is -1.99. The van der Waals surface area contributed by atoms with Crippen molar-refractivity contribution >= 4 is 25.0 Å². The number of hydrogen-bond acceptors (Lipinski definition) is 4. The van der Waals surface area contributed by atoms with Crippen molar-refractivity contribution < 1.29 is 0 Å². The summed E-state index contributed by atoms with van der Waals surface area (Å²) in [4.78, 5) is 0. The zero-order chi connectivity index (χ0) is 7.56. The van der Waals surface area contributed by atoms with E-state index in [0.29, 0.717) is 16.8 Å². The fraction of sp³-hybridized carbons (Fsp3) is 0. The third kappa shape index (κ3) is 1.06. The van der Waals surface area contributed by atoms with Crippen LogP contribution in [0.2, 0.25) is 0 Å². The van der Waals surface area contributed by atoms with E-state index in [2.05, 4.69) is 5.11 Å². The summed E-state index contributed by atoms with van der Waals surface area (Å²) in [6.45, 7) is 0. The molecule has 1 rings (SSSR count). The number of nitrogen functional groups attached to an aromatic ring is 2. The van der Waals surface area contributed by atoms with Crippen LogP contribution in [0, 0.1) is 5.53 Å². The van der Waals surface area contributed by atoms with Gasteiger partial charge < -0.3 is 11.5 Å². The molecule has 4 nitrogen and oxygen atoms in total. The zero-order valence-electron chi connectivity index (χ0n) is 5.20. The average molecular weight is 154 g/mol. The topological polar surface area (TPSA) is 88.2 Å². The molecule has 0 saturated carbocycles. The number of hydrogen-bond donors (Lipinski definition) is 3. The summed E-state index contributed by atoms with van der Waals surface area (Å²) in [6, 6.07) is 1.71. The Morgan fingerprint density at radius 3 is 2.70 bits per heavy atom. The second-order valence-corrected chi connectivity index (χ2v) is 2.73. The van der Waals surface area contributed by atoms with Crippen LogP contribution >= 0.6 is 8.19 Å². The van der Waals surface area contributed by atoms with Gasteiger partial charge in [-0.05, 0) is 20.1 Å². The van der Waals surface area contributed by atoms with Crippen molar-refractivity contribution in [2.24, 2.45) is 5.11 Å². The second-order valence-electron chi connectivity index (χ2n) is 1.75. The highest BCUT2D eigenvalue weighted by Crippen LogP contribution is 2.34. The van der Waals surface area contributed by atoms with Gasteiger partial charge in [-0.3, -0.25) is 0 Å². The SMILES string of the molecule is N=Nc1pccc(N)c1N. The van der Waals surface area contributed by atoms with E-state index < -0.39 is 0 Å². The Morgan fingerprint density at radius 2 is 2.20 bits per heavy atom. The third-order valence-electron chi connectivity index (χ3n) is 1.11. The average Bonchev–Trinajstić information content (AvgIpc) is 1.95. The Morgan fingerprint density at radius 1 is 1.50 bits per heavy atom. The van der Waals surface area contributed by atoms with Gasteiger partial charge in [0.2, 0.25) is 0 Å². The van der Waals surface area contributed by atoms with Gasteiger partial charge in [0, 0.05) is 0 Å². The van der Waals surface area contributed by atoms with E-state index in [1.54, 1.807) is 11.9 Å². The molecule has 10 heavy (non-hydrogen) atoms. The molecule has 0 aliphatic rings. The molecule has 0 unspecified atom stereocenters. The van der Waals surface area contributed by atoms with Gasteiger partial charge in [-0.2, -0.15) is 5.11 Å². The number of rotatable bonds is 1. The highest BCUT2D eigenvalue weighted by molar-refractivity contribution is 7.33. The molecule has 52 valence electrons. The lowest BCUT2D eigenvalue weighted by atomic mass is 10.4. The minimum absolute atomic E-state index is 0.416. The van der Waals surface area contributed by atoms with Crippen LogP contribution in [0.5, 0.6) is 0 Å². The molecule has 1 aromatic rings. The standard InChI is InChI=1S/C5H7N4P/c6-3-1-2-10-5(9-8)4(3)7/h1-2,8H,6-7H2. The van der Waals surface area contributed by atoms with Gasteiger partial charge in [-0.15, -0.1) is 0 Å². The monoisotopic (exact) mass is 154 g/mol. The molecule has 0 spiro atoms. The Labute approximate surface area is 59.8 Å². The molecule has 0 aromatic carbocycles. The number of nitrogens with two attached hydrogens (primary N) is 2. The van der Waals surface area contributed by atoms with Gasteiger partial charge in [-0.25, -0.2) is 5.53 Å². The Kier molecular flexibility index (Phi) is 1.83. The largest absolute Gasteiger partial charge is 0.397 e. The van der Waals surface area contributed by atoms with Gasteiger partial charge in [0.15, 0.2) is 0 Å². The van der Waals surface area contributed by atoms with Crippen LogP contribution in [0.4, 0.5) is 16.8 Å². The summed E-state index contributed by atoms with van der Waals surface area (Å²) in [7, 11) is 0.836. The molecule has 0 saturated heterocycles. The van der Waals surface area contributed by atoms with Gasteiger partial charge in [0.25, 0.3) is 0 Å². The predicted molar refractivity (Wildman–Crippen MR) is 42.6 cm³/mol. The Hall–Kier alpha value is -1.15. The van der Waals surface area contributed by atoms with Crippen LogP contribution < -0.4 is 11.5 Å². The number of nitrogens with zero attached hydrogens (tertiary/aromatic N) is 1. The molecule has 0 bridgehead atoms. The fourth-order valence-corrected chi connectivity index (χ4v) is 1.27. The first-order chi connectivity index (χ1) is 4.75. The summed E-state index contributed by atoms with van der Waals surface area (Å²) in [5.41, 5.74) is 19.0. The molecule has 0 atom stereocenters. The summed E-state index contributed by atoms with van der Waals surface area (Å²) in [5.74, 6) is 1.80. The van der Waals surface area contributed by atoms with E-state index in [1.807, 2.05) is 0 Å². The van der Waals surface area contributed by atoms with Crippen molar-refractivity contribution in [3.05, 3.63) is 11.9 Å². The molecular weight excluding hydrogens is 147 g/mol. The molecule has 0 radical (unpaired) electrons. The Bertz CT molecular complexity index is 260. The van der Waals surface area contributed by atoms with Gasteiger partial charge in [0.1, 0.15) is 5.42 Å². The smallest absolute Gasteiger partial charge is 0.136 e. The highest BCUT2D eigenvalue weighted by atomic mass is 31.0. The molecule has 1 heterocycles. The molecule has 1 aromatic heterocycles. The van der Waals surface area contributed by atoms with E-state index >= 15 is 0 Å².